The molecular formula is C17H30S2. The standard InChI is InChI=1S/C7H10S.C6H8S.2C2H6/c1-6(2)7-4-3-5-8-7;1-5-3-4-6(2)7-5;2*1-2/h3-6H,1-2H3;3-4H,1-2H3;2*1-2H3. The van der Waals surface area contributed by atoms with E-state index in [4.69, 9.17) is 0 Å². The monoisotopic (exact) mass is 298 g/mol. The van der Waals surface area contributed by atoms with Crippen LogP contribution in [-0.4, -0.2) is 0 Å². The first-order chi connectivity index (χ1) is 9.09. The molecular weight excluding hydrogens is 268 g/mol. The summed E-state index contributed by atoms with van der Waals surface area (Å²) < 4.78 is 0. The summed E-state index contributed by atoms with van der Waals surface area (Å²) in [4.78, 5) is 4.28. The molecule has 0 aromatic carbocycles. The Bertz CT molecular complexity index is 353. The van der Waals surface area contributed by atoms with Gasteiger partial charge in [0.25, 0.3) is 0 Å². The fourth-order valence-electron chi connectivity index (χ4n) is 1.18. The maximum absolute atomic E-state index is 2.21. The first-order valence-electron chi connectivity index (χ1n) is 7.16. The molecule has 0 aliphatic carbocycles. The quantitative estimate of drug-likeness (QED) is 0.518. The van der Waals surface area contributed by atoms with Gasteiger partial charge in [0.05, 0.1) is 0 Å². The zero-order chi connectivity index (χ0) is 15.3. The van der Waals surface area contributed by atoms with Crippen LogP contribution in [0.25, 0.3) is 0 Å². The molecule has 2 aromatic heterocycles. The Kier molecular flexibility index (Phi) is 15.1. The van der Waals surface area contributed by atoms with Crippen molar-refractivity contribution >= 4 is 22.7 Å². The van der Waals surface area contributed by atoms with Crippen LogP contribution >= 0.6 is 22.7 Å². The molecule has 19 heavy (non-hydrogen) atoms. The van der Waals surface area contributed by atoms with Gasteiger partial charge in [0, 0.05) is 14.6 Å². The van der Waals surface area contributed by atoms with Gasteiger partial charge in [-0.15, -0.1) is 22.7 Å². The lowest BCUT2D eigenvalue weighted by Crippen LogP contribution is -1.77. The van der Waals surface area contributed by atoms with Crippen molar-refractivity contribution in [2.45, 2.75) is 61.3 Å². The number of hydrogen-bond donors (Lipinski definition) is 0. The van der Waals surface area contributed by atoms with Crippen LogP contribution in [-0.2, 0) is 0 Å². The highest BCUT2D eigenvalue weighted by molar-refractivity contribution is 7.11. The molecule has 0 radical (unpaired) electrons. The van der Waals surface area contributed by atoms with E-state index in [9.17, 15) is 0 Å². The first-order valence-corrected chi connectivity index (χ1v) is 8.85. The van der Waals surface area contributed by atoms with E-state index in [0.29, 0.717) is 5.92 Å². The van der Waals surface area contributed by atoms with Crippen molar-refractivity contribution in [3.63, 3.8) is 0 Å². The minimum atomic E-state index is 0.704. The molecule has 0 aliphatic heterocycles. The van der Waals surface area contributed by atoms with Crippen LogP contribution in [0.3, 0.4) is 0 Å². The molecule has 0 saturated carbocycles. The van der Waals surface area contributed by atoms with Gasteiger partial charge in [-0.2, -0.15) is 0 Å². The number of thiophene rings is 2. The van der Waals surface area contributed by atoms with Crippen LogP contribution in [0.5, 0.6) is 0 Å². The molecule has 110 valence electrons. The number of hydrogen-bond acceptors (Lipinski definition) is 2. The SMILES string of the molecule is CC.CC.CC(C)c1cccs1.Cc1ccc(C)s1. The van der Waals surface area contributed by atoms with Crippen LogP contribution in [0.1, 0.15) is 62.1 Å². The van der Waals surface area contributed by atoms with E-state index < -0.39 is 0 Å². The Morgan fingerprint density at radius 2 is 1.32 bits per heavy atom. The number of aryl methyl sites for hydroxylation is 2. The molecule has 2 rings (SSSR count). The molecule has 2 heterocycles. The molecule has 0 saturated heterocycles. The van der Waals surface area contributed by atoms with Crippen molar-refractivity contribution in [3.8, 4) is 0 Å². The molecule has 0 aliphatic rings. The molecule has 0 fully saturated rings. The van der Waals surface area contributed by atoms with Gasteiger partial charge in [0.2, 0.25) is 0 Å². The maximum atomic E-state index is 2.21. The fraction of sp³-hybridized carbons (Fsp3) is 0.529. The van der Waals surface area contributed by atoms with Crippen molar-refractivity contribution in [3.05, 3.63) is 44.3 Å². The van der Waals surface area contributed by atoms with E-state index in [0.717, 1.165) is 0 Å². The van der Waals surface area contributed by atoms with Gasteiger partial charge in [-0.1, -0.05) is 47.6 Å². The molecule has 2 heteroatoms. The number of rotatable bonds is 1. The minimum Gasteiger partial charge on any atom is -0.149 e. The third-order valence-electron chi connectivity index (χ3n) is 1.99. The molecule has 0 bridgehead atoms. The summed E-state index contributed by atoms with van der Waals surface area (Å²) in [5.41, 5.74) is 0. The summed E-state index contributed by atoms with van der Waals surface area (Å²) >= 11 is 3.67. The van der Waals surface area contributed by atoms with Crippen LogP contribution in [0, 0.1) is 13.8 Å². The van der Waals surface area contributed by atoms with Crippen molar-refractivity contribution in [2.75, 3.05) is 0 Å². The summed E-state index contributed by atoms with van der Waals surface area (Å²) in [6.07, 6.45) is 0. The summed E-state index contributed by atoms with van der Waals surface area (Å²) in [5, 5.41) is 2.12. The van der Waals surface area contributed by atoms with E-state index in [-0.39, 0.29) is 0 Å². The van der Waals surface area contributed by atoms with Crippen LogP contribution in [0.15, 0.2) is 29.6 Å². The molecule has 0 spiro atoms. The highest BCUT2D eigenvalue weighted by Crippen LogP contribution is 2.18. The van der Waals surface area contributed by atoms with Gasteiger partial charge in [0.1, 0.15) is 0 Å². The third-order valence-corrected chi connectivity index (χ3v) is 4.08. The van der Waals surface area contributed by atoms with Crippen LogP contribution < -0.4 is 0 Å². The van der Waals surface area contributed by atoms with Gasteiger partial charge < -0.3 is 0 Å². The summed E-state index contributed by atoms with van der Waals surface area (Å²) in [7, 11) is 0. The molecule has 0 amide bonds. The van der Waals surface area contributed by atoms with E-state index >= 15 is 0 Å². The van der Waals surface area contributed by atoms with Gasteiger partial charge in [-0.05, 0) is 43.3 Å². The Labute approximate surface area is 128 Å². The topological polar surface area (TPSA) is 0 Å². The molecule has 0 unspecified atom stereocenters. The zero-order valence-electron chi connectivity index (χ0n) is 13.8. The second kappa shape index (κ2) is 13.8. The van der Waals surface area contributed by atoms with Gasteiger partial charge in [-0.25, -0.2) is 0 Å². The van der Waals surface area contributed by atoms with Crippen LogP contribution in [0.4, 0.5) is 0 Å². The zero-order valence-corrected chi connectivity index (χ0v) is 15.4. The Hall–Kier alpha value is -0.600. The second-order valence-corrected chi connectivity index (χ2v) is 6.30. The highest BCUT2D eigenvalue weighted by Gasteiger charge is 1.95. The molecule has 0 atom stereocenters. The van der Waals surface area contributed by atoms with Crippen molar-refractivity contribution in [1.29, 1.82) is 0 Å². The van der Waals surface area contributed by atoms with Crippen molar-refractivity contribution in [2.24, 2.45) is 0 Å². The van der Waals surface area contributed by atoms with Crippen molar-refractivity contribution < 1.29 is 0 Å². The normalized spacial score (nSPS) is 8.47. The van der Waals surface area contributed by atoms with Crippen molar-refractivity contribution in [1.82, 2.24) is 0 Å². The van der Waals surface area contributed by atoms with Gasteiger partial charge in [-0.3, -0.25) is 0 Å². The highest BCUT2D eigenvalue weighted by atomic mass is 32.1. The van der Waals surface area contributed by atoms with Gasteiger partial charge in [0.15, 0.2) is 0 Å². The molecule has 0 nitrogen and oxygen atoms in total. The summed E-state index contributed by atoms with van der Waals surface area (Å²) in [5.74, 6) is 0.704. The van der Waals surface area contributed by atoms with E-state index in [2.05, 4.69) is 57.3 Å². The average molecular weight is 299 g/mol. The Balaban J connectivity index is 0. The smallest absolute Gasteiger partial charge is 0.00706 e. The lowest BCUT2D eigenvalue weighted by atomic mass is 10.2. The third kappa shape index (κ3) is 11.0. The Morgan fingerprint density at radius 3 is 1.47 bits per heavy atom. The predicted molar refractivity (Wildman–Crippen MR) is 94.9 cm³/mol. The predicted octanol–water partition coefficient (Wildman–Crippen LogP) is 7.29. The largest absolute Gasteiger partial charge is 0.149 e. The van der Waals surface area contributed by atoms with E-state index in [1.165, 1.54) is 14.6 Å². The summed E-state index contributed by atoms with van der Waals surface area (Å²) in [6, 6.07) is 8.55. The van der Waals surface area contributed by atoms with E-state index in [1.807, 2.05) is 50.4 Å². The summed E-state index contributed by atoms with van der Waals surface area (Å²) in [6.45, 7) is 16.7. The second-order valence-electron chi connectivity index (χ2n) is 3.83. The molecule has 0 N–H and O–H groups in total. The first kappa shape index (κ1) is 20.7. The van der Waals surface area contributed by atoms with Crippen LogP contribution in [0.2, 0.25) is 0 Å². The Morgan fingerprint density at radius 1 is 0.842 bits per heavy atom. The maximum Gasteiger partial charge on any atom is 0.00706 e. The lowest BCUT2D eigenvalue weighted by molar-refractivity contribution is 0.890. The molecule has 2 aromatic rings. The fourth-order valence-corrected chi connectivity index (χ4v) is 2.70. The average Bonchev–Trinajstić information content (AvgIpc) is 3.07. The lowest BCUT2D eigenvalue weighted by Gasteiger charge is -1.95. The van der Waals surface area contributed by atoms with Gasteiger partial charge >= 0.3 is 0 Å². The minimum absolute atomic E-state index is 0.704. The van der Waals surface area contributed by atoms with E-state index in [1.54, 1.807) is 0 Å².